The first-order valence-electron chi connectivity index (χ1n) is 10.3. The van der Waals surface area contributed by atoms with E-state index in [-0.39, 0.29) is 11.0 Å². The highest BCUT2D eigenvalue weighted by Gasteiger charge is 2.61. The van der Waals surface area contributed by atoms with Gasteiger partial charge in [0.05, 0.1) is 17.8 Å². The summed E-state index contributed by atoms with van der Waals surface area (Å²) in [4.78, 5) is 0. The van der Waals surface area contributed by atoms with Gasteiger partial charge in [0.2, 0.25) is 8.32 Å². The first kappa shape index (κ1) is 20.4. The van der Waals surface area contributed by atoms with Crippen molar-refractivity contribution in [2.75, 3.05) is 0 Å². The van der Waals surface area contributed by atoms with Crippen molar-refractivity contribution in [2.24, 2.45) is 11.3 Å². The predicted molar refractivity (Wildman–Crippen MR) is 106 cm³/mol. The molecule has 0 aromatic carbocycles. The lowest BCUT2D eigenvalue weighted by atomic mass is 9.69. The first-order chi connectivity index (χ1) is 10.9. The van der Waals surface area contributed by atoms with Crippen molar-refractivity contribution in [1.29, 1.82) is 0 Å². The van der Waals surface area contributed by atoms with E-state index >= 15 is 0 Å². The Morgan fingerprint density at radius 2 is 1.50 bits per heavy atom. The minimum atomic E-state index is -1.88. The second kappa shape index (κ2) is 6.70. The molecular formula is C21H42O2Si. The Kier molecular flexibility index (Phi) is 5.71. The van der Waals surface area contributed by atoms with E-state index in [4.69, 9.17) is 9.16 Å². The van der Waals surface area contributed by atoms with Gasteiger partial charge in [-0.2, -0.15) is 0 Å². The number of fused-ring (bicyclic) bond motifs is 2. The minimum Gasteiger partial charge on any atom is -0.412 e. The van der Waals surface area contributed by atoms with E-state index in [1.165, 1.54) is 12.8 Å². The maximum absolute atomic E-state index is 7.39. The zero-order valence-corrected chi connectivity index (χ0v) is 18.9. The highest BCUT2D eigenvalue weighted by molar-refractivity contribution is 6.77. The molecule has 24 heavy (non-hydrogen) atoms. The first-order valence-corrected chi connectivity index (χ1v) is 12.4. The molecular weight excluding hydrogens is 312 g/mol. The third kappa shape index (κ3) is 2.93. The van der Waals surface area contributed by atoms with Crippen LogP contribution < -0.4 is 0 Å². The van der Waals surface area contributed by atoms with Gasteiger partial charge in [0.1, 0.15) is 0 Å². The zero-order valence-electron chi connectivity index (χ0n) is 17.9. The fraction of sp³-hybridized carbons (Fsp3) is 1.00. The number of hydrogen-bond acceptors (Lipinski definition) is 2. The second-order valence-electron chi connectivity index (χ2n) is 10.2. The van der Waals surface area contributed by atoms with Gasteiger partial charge in [-0.1, -0.05) is 62.3 Å². The summed E-state index contributed by atoms with van der Waals surface area (Å²) in [6.45, 7) is 23.9. The Balaban J connectivity index is 2.46. The van der Waals surface area contributed by atoms with Crippen LogP contribution in [0.2, 0.25) is 16.6 Å². The number of ether oxygens (including phenoxy) is 1. The van der Waals surface area contributed by atoms with Crippen molar-refractivity contribution in [3.63, 3.8) is 0 Å². The summed E-state index contributed by atoms with van der Waals surface area (Å²) in [5.74, 6) is 0.509. The molecule has 2 aliphatic rings. The largest absolute Gasteiger partial charge is 0.412 e. The number of rotatable bonds is 6. The van der Waals surface area contributed by atoms with Crippen molar-refractivity contribution >= 4 is 8.32 Å². The molecule has 2 bridgehead atoms. The smallest absolute Gasteiger partial charge is 0.200 e. The van der Waals surface area contributed by atoms with E-state index in [9.17, 15) is 0 Å². The van der Waals surface area contributed by atoms with Crippen LogP contribution in [-0.2, 0) is 9.16 Å². The van der Waals surface area contributed by atoms with Gasteiger partial charge in [-0.25, -0.2) is 0 Å². The molecule has 0 N–H and O–H groups in total. The van der Waals surface area contributed by atoms with E-state index in [1.807, 2.05) is 0 Å². The van der Waals surface area contributed by atoms with Gasteiger partial charge in [0.15, 0.2) is 0 Å². The van der Waals surface area contributed by atoms with E-state index in [0.717, 1.165) is 6.42 Å². The quantitative estimate of drug-likeness (QED) is 0.503. The van der Waals surface area contributed by atoms with Crippen LogP contribution in [0, 0.1) is 11.3 Å². The van der Waals surface area contributed by atoms with Crippen LogP contribution in [0.4, 0.5) is 0 Å². The zero-order chi connectivity index (χ0) is 18.5. The fourth-order valence-corrected chi connectivity index (χ4v) is 11.9. The van der Waals surface area contributed by atoms with Crippen LogP contribution in [-0.4, -0.2) is 26.1 Å². The summed E-state index contributed by atoms with van der Waals surface area (Å²) in [6.07, 6.45) is 4.22. The molecule has 0 spiro atoms. The monoisotopic (exact) mass is 354 g/mol. The molecule has 2 saturated heterocycles. The van der Waals surface area contributed by atoms with Gasteiger partial charge < -0.3 is 9.16 Å². The van der Waals surface area contributed by atoms with Crippen LogP contribution in [0.1, 0.15) is 88.5 Å². The third-order valence-electron chi connectivity index (χ3n) is 7.51. The summed E-state index contributed by atoms with van der Waals surface area (Å²) >= 11 is 0. The molecule has 142 valence electrons. The molecule has 2 fully saturated rings. The van der Waals surface area contributed by atoms with Gasteiger partial charge in [-0.3, -0.25) is 0 Å². The topological polar surface area (TPSA) is 18.5 Å². The van der Waals surface area contributed by atoms with Gasteiger partial charge in [0, 0.05) is 11.3 Å². The summed E-state index contributed by atoms with van der Waals surface area (Å²) < 4.78 is 14.0. The third-order valence-corrected chi connectivity index (χ3v) is 13.6. The van der Waals surface area contributed by atoms with E-state index < -0.39 is 8.32 Å². The van der Waals surface area contributed by atoms with Crippen molar-refractivity contribution < 1.29 is 9.16 Å². The molecule has 0 aliphatic carbocycles. The standard InChI is InChI=1S/C21H42O2Si/c1-11-17-19(20(8,9)18-12-13-21(17,10)22-18)23-24(14(2)3,15(4)5)16(6)7/h14-19H,11-13H2,1-10H3/t17-,18+,19+,21-/m0/s1. The molecule has 2 aliphatic heterocycles. The van der Waals surface area contributed by atoms with Gasteiger partial charge in [-0.05, 0) is 42.8 Å². The highest BCUT2D eigenvalue weighted by atomic mass is 28.4. The van der Waals surface area contributed by atoms with Crippen LogP contribution in [0.3, 0.4) is 0 Å². The van der Waals surface area contributed by atoms with Crippen molar-refractivity contribution in [1.82, 2.24) is 0 Å². The Hall–Kier alpha value is 0.137. The Labute approximate surface area is 152 Å². The van der Waals surface area contributed by atoms with Gasteiger partial charge in [-0.15, -0.1) is 0 Å². The maximum atomic E-state index is 7.39. The van der Waals surface area contributed by atoms with E-state index in [1.54, 1.807) is 0 Å². The summed E-state index contributed by atoms with van der Waals surface area (Å²) in [5, 5.41) is 0. The molecule has 0 amide bonds. The molecule has 2 rings (SSSR count). The average Bonchev–Trinajstić information content (AvgIpc) is 2.82. The normalized spacial score (nSPS) is 36.1. The van der Waals surface area contributed by atoms with Crippen molar-refractivity contribution in [3.8, 4) is 0 Å². The van der Waals surface area contributed by atoms with E-state index in [0.29, 0.717) is 34.7 Å². The molecule has 4 atom stereocenters. The molecule has 2 nitrogen and oxygen atoms in total. The fourth-order valence-electron chi connectivity index (χ4n) is 6.19. The molecule has 0 unspecified atom stereocenters. The molecule has 0 aromatic heterocycles. The summed E-state index contributed by atoms with van der Waals surface area (Å²) in [7, 11) is -1.88. The summed E-state index contributed by atoms with van der Waals surface area (Å²) in [5.41, 5.74) is 2.04. The lowest BCUT2D eigenvalue weighted by Gasteiger charge is -2.56. The molecule has 0 saturated carbocycles. The lowest BCUT2D eigenvalue weighted by molar-refractivity contribution is -0.211. The average molecular weight is 355 g/mol. The molecule has 2 heterocycles. The Morgan fingerprint density at radius 1 is 1.00 bits per heavy atom. The van der Waals surface area contributed by atoms with Crippen LogP contribution in [0.5, 0.6) is 0 Å². The van der Waals surface area contributed by atoms with Crippen LogP contribution in [0.25, 0.3) is 0 Å². The Bertz CT molecular complexity index is 421. The Morgan fingerprint density at radius 3 is 1.92 bits per heavy atom. The lowest BCUT2D eigenvalue weighted by Crippen LogP contribution is -2.62. The highest BCUT2D eigenvalue weighted by Crippen LogP contribution is 2.57. The van der Waals surface area contributed by atoms with Crippen LogP contribution in [0.15, 0.2) is 0 Å². The van der Waals surface area contributed by atoms with E-state index in [2.05, 4.69) is 69.2 Å². The molecule has 3 heteroatoms. The maximum Gasteiger partial charge on any atom is 0.200 e. The van der Waals surface area contributed by atoms with Crippen LogP contribution >= 0.6 is 0 Å². The SMILES string of the molecule is CC[C@H]1[C@@H](O[Si](C(C)C)(C(C)C)C(C)C)C(C)(C)[C@H]2CC[C@]1(C)O2. The second-order valence-corrected chi connectivity index (χ2v) is 15.6. The number of hydrogen-bond donors (Lipinski definition) is 0. The van der Waals surface area contributed by atoms with Gasteiger partial charge >= 0.3 is 0 Å². The van der Waals surface area contributed by atoms with Crippen molar-refractivity contribution in [2.45, 2.75) is 123 Å². The van der Waals surface area contributed by atoms with Gasteiger partial charge in [0.25, 0.3) is 0 Å². The minimum absolute atomic E-state index is 0.0185. The summed E-state index contributed by atoms with van der Waals surface area (Å²) in [6, 6.07) is 0. The molecule has 0 radical (unpaired) electrons. The molecule has 0 aromatic rings. The predicted octanol–water partition coefficient (Wildman–Crippen LogP) is 6.55. The van der Waals surface area contributed by atoms with Crippen molar-refractivity contribution in [3.05, 3.63) is 0 Å².